The van der Waals surface area contributed by atoms with Crippen LogP contribution in [0.1, 0.15) is 16.2 Å². The zero-order chi connectivity index (χ0) is 15.1. The first kappa shape index (κ1) is 14.7. The summed E-state index contributed by atoms with van der Waals surface area (Å²) < 4.78 is 5.46. The molecule has 0 unspecified atom stereocenters. The number of hydrogen-bond donors (Lipinski definition) is 2. The quantitative estimate of drug-likeness (QED) is 0.483. The molecule has 1 aromatic heterocycles. The number of benzene rings is 1. The summed E-state index contributed by atoms with van der Waals surface area (Å²) in [5.74, 6) is 0.151. The molecule has 7 nitrogen and oxygen atoms in total. The number of aromatic nitrogens is 3. The molecular formula is C13H12ClN5O2. The van der Waals surface area contributed by atoms with E-state index in [-0.39, 0.29) is 5.82 Å². The number of ether oxygens (including phenoxy) is 1. The lowest BCUT2D eigenvalue weighted by molar-refractivity contribution is 0.0945. The molecule has 1 aromatic carbocycles. The van der Waals surface area contributed by atoms with Crippen molar-refractivity contribution in [3.63, 3.8) is 0 Å². The van der Waals surface area contributed by atoms with Crippen LogP contribution in [0.3, 0.4) is 0 Å². The highest BCUT2D eigenvalue weighted by Crippen LogP contribution is 2.21. The smallest absolute Gasteiger partial charge is 0.308 e. The van der Waals surface area contributed by atoms with Crippen LogP contribution in [0.25, 0.3) is 0 Å². The molecule has 2 aromatic rings. The number of hydrogen-bond acceptors (Lipinski definition) is 5. The van der Waals surface area contributed by atoms with Crippen molar-refractivity contribution < 1.29 is 9.53 Å². The number of carbonyl (C=O) groups excluding carboxylic acids is 1. The molecule has 0 atom stereocenters. The lowest BCUT2D eigenvalue weighted by Gasteiger charge is -2.07. The molecule has 0 aliphatic carbocycles. The van der Waals surface area contributed by atoms with Gasteiger partial charge < -0.3 is 4.74 Å². The van der Waals surface area contributed by atoms with E-state index in [1.165, 1.54) is 12.5 Å². The minimum atomic E-state index is -0.501. The van der Waals surface area contributed by atoms with Crippen LogP contribution in [0.2, 0.25) is 5.02 Å². The van der Waals surface area contributed by atoms with Gasteiger partial charge in [0.2, 0.25) is 5.82 Å². The van der Waals surface area contributed by atoms with E-state index in [0.717, 1.165) is 0 Å². The van der Waals surface area contributed by atoms with Crippen molar-refractivity contribution in [2.45, 2.75) is 0 Å². The number of halogens is 1. The van der Waals surface area contributed by atoms with Gasteiger partial charge in [0.05, 0.1) is 6.21 Å². The first-order valence-electron chi connectivity index (χ1n) is 5.92. The van der Waals surface area contributed by atoms with Gasteiger partial charge in [0.15, 0.2) is 0 Å². The van der Waals surface area contributed by atoms with E-state index in [2.05, 4.69) is 32.3 Å². The van der Waals surface area contributed by atoms with Gasteiger partial charge in [-0.2, -0.15) is 10.2 Å². The standard InChI is InChI=1S/C13H12ClN5O2/c1-2-5-21-11-4-3-10(14)6-9(11)7-16-19-13(20)12-15-8-17-18-12/h2-4,6-8H,1,5H2,(H,19,20)(H,15,17,18)/b16-7+. The molecule has 108 valence electrons. The van der Waals surface area contributed by atoms with E-state index < -0.39 is 5.91 Å². The van der Waals surface area contributed by atoms with Crippen LogP contribution < -0.4 is 10.2 Å². The second kappa shape index (κ2) is 7.20. The zero-order valence-corrected chi connectivity index (χ0v) is 11.7. The van der Waals surface area contributed by atoms with Gasteiger partial charge in [-0.25, -0.2) is 10.4 Å². The van der Waals surface area contributed by atoms with Gasteiger partial charge in [0.1, 0.15) is 18.7 Å². The highest BCUT2D eigenvalue weighted by atomic mass is 35.5. The van der Waals surface area contributed by atoms with Crippen LogP contribution in [0.5, 0.6) is 5.75 Å². The highest BCUT2D eigenvalue weighted by Gasteiger charge is 2.07. The molecule has 1 heterocycles. The summed E-state index contributed by atoms with van der Waals surface area (Å²) in [4.78, 5) is 15.3. The minimum absolute atomic E-state index is 0.0707. The SMILES string of the molecule is C=CCOc1ccc(Cl)cc1/C=N/NC(=O)c1ncn[nH]1. The predicted octanol–water partition coefficient (Wildman–Crippen LogP) is 1.79. The number of nitrogens with one attached hydrogen (secondary N) is 2. The Bertz CT molecular complexity index is 655. The molecule has 0 aliphatic heterocycles. The van der Waals surface area contributed by atoms with Crippen molar-refractivity contribution in [2.75, 3.05) is 6.61 Å². The number of aromatic amines is 1. The van der Waals surface area contributed by atoms with Crippen LogP contribution >= 0.6 is 11.6 Å². The fraction of sp³-hybridized carbons (Fsp3) is 0.0769. The topological polar surface area (TPSA) is 92.3 Å². The maximum Gasteiger partial charge on any atom is 0.308 e. The Morgan fingerprint density at radius 2 is 2.43 bits per heavy atom. The monoisotopic (exact) mass is 305 g/mol. The number of carbonyl (C=O) groups is 1. The minimum Gasteiger partial charge on any atom is -0.489 e. The summed E-state index contributed by atoms with van der Waals surface area (Å²) in [7, 11) is 0. The van der Waals surface area contributed by atoms with Crippen LogP contribution in [-0.2, 0) is 0 Å². The third-order valence-electron chi connectivity index (χ3n) is 2.33. The number of H-pyrrole nitrogens is 1. The van der Waals surface area contributed by atoms with E-state index >= 15 is 0 Å². The van der Waals surface area contributed by atoms with Crippen LogP contribution in [0, 0.1) is 0 Å². The third kappa shape index (κ3) is 4.15. The maximum absolute atomic E-state index is 11.6. The summed E-state index contributed by atoms with van der Waals surface area (Å²) in [5, 5.41) is 10.4. The molecule has 0 spiro atoms. The molecular weight excluding hydrogens is 294 g/mol. The second-order valence-electron chi connectivity index (χ2n) is 3.82. The van der Waals surface area contributed by atoms with E-state index in [0.29, 0.717) is 22.9 Å². The van der Waals surface area contributed by atoms with Crippen molar-refractivity contribution in [3.8, 4) is 5.75 Å². The molecule has 2 N–H and O–H groups in total. The van der Waals surface area contributed by atoms with Crippen molar-refractivity contribution >= 4 is 23.7 Å². The number of rotatable bonds is 6. The average Bonchev–Trinajstić information content (AvgIpc) is 3.00. The largest absolute Gasteiger partial charge is 0.489 e. The Hall–Kier alpha value is -2.67. The van der Waals surface area contributed by atoms with Gasteiger partial charge in [0, 0.05) is 10.6 Å². The van der Waals surface area contributed by atoms with Gasteiger partial charge in [-0.05, 0) is 18.2 Å². The van der Waals surface area contributed by atoms with Gasteiger partial charge in [-0.15, -0.1) is 0 Å². The van der Waals surface area contributed by atoms with Gasteiger partial charge in [-0.3, -0.25) is 9.89 Å². The van der Waals surface area contributed by atoms with Crippen LogP contribution in [-0.4, -0.2) is 33.9 Å². The van der Waals surface area contributed by atoms with E-state index in [1.54, 1.807) is 24.3 Å². The number of amides is 1. The van der Waals surface area contributed by atoms with Crippen molar-refractivity contribution in [1.29, 1.82) is 0 Å². The molecule has 0 fully saturated rings. The van der Waals surface area contributed by atoms with E-state index in [1.807, 2.05) is 0 Å². The third-order valence-corrected chi connectivity index (χ3v) is 2.56. The molecule has 1 amide bonds. The first-order chi connectivity index (χ1) is 10.2. The molecule has 2 rings (SSSR count). The van der Waals surface area contributed by atoms with Crippen LogP contribution in [0.15, 0.2) is 42.3 Å². The fourth-order valence-electron chi connectivity index (χ4n) is 1.43. The normalized spacial score (nSPS) is 10.5. The summed E-state index contributed by atoms with van der Waals surface area (Å²) >= 11 is 5.93. The second-order valence-corrected chi connectivity index (χ2v) is 4.25. The lowest BCUT2D eigenvalue weighted by atomic mass is 10.2. The molecule has 0 bridgehead atoms. The fourth-order valence-corrected chi connectivity index (χ4v) is 1.61. The molecule has 8 heteroatoms. The molecule has 21 heavy (non-hydrogen) atoms. The Labute approximate surface area is 125 Å². The van der Waals surface area contributed by atoms with Crippen molar-refractivity contribution in [1.82, 2.24) is 20.6 Å². The predicted molar refractivity (Wildman–Crippen MR) is 78.6 cm³/mol. The lowest BCUT2D eigenvalue weighted by Crippen LogP contribution is -2.19. The zero-order valence-electron chi connectivity index (χ0n) is 10.9. The number of nitrogens with zero attached hydrogens (tertiary/aromatic N) is 3. The summed E-state index contributed by atoms with van der Waals surface area (Å²) in [6.07, 6.45) is 4.29. The Balaban J connectivity index is 2.07. The Kier molecular flexibility index (Phi) is 5.05. The summed E-state index contributed by atoms with van der Waals surface area (Å²) in [6.45, 7) is 3.93. The van der Waals surface area contributed by atoms with Crippen molar-refractivity contribution in [2.24, 2.45) is 5.10 Å². The summed E-state index contributed by atoms with van der Waals surface area (Å²) in [6, 6.07) is 5.08. The first-order valence-corrected chi connectivity index (χ1v) is 6.30. The molecule has 0 aliphatic rings. The molecule has 0 saturated heterocycles. The van der Waals surface area contributed by atoms with Gasteiger partial charge >= 0.3 is 5.91 Å². The molecule has 0 saturated carbocycles. The van der Waals surface area contributed by atoms with E-state index in [9.17, 15) is 4.79 Å². The Morgan fingerprint density at radius 3 is 3.14 bits per heavy atom. The van der Waals surface area contributed by atoms with Gasteiger partial charge in [-0.1, -0.05) is 24.3 Å². The summed E-state index contributed by atoms with van der Waals surface area (Å²) in [5.41, 5.74) is 2.94. The average molecular weight is 306 g/mol. The van der Waals surface area contributed by atoms with Crippen molar-refractivity contribution in [3.05, 3.63) is 53.6 Å². The highest BCUT2D eigenvalue weighted by molar-refractivity contribution is 6.30. The molecule has 0 radical (unpaired) electrons. The van der Waals surface area contributed by atoms with E-state index in [4.69, 9.17) is 16.3 Å². The maximum atomic E-state index is 11.6. The van der Waals surface area contributed by atoms with Crippen LogP contribution in [0.4, 0.5) is 0 Å². The van der Waals surface area contributed by atoms with Gasteiger partial charge in [0.25, 0.3) is 0 Å². The number of hydrazone groups is 1. The Morgan fingerprint density at radius 1 is 1.57 bits per heavy atom.